The Hall–Kier alpha value is -1.63. The van der Waals surface area contributed by atoms with Crippen LogP contribution in [-0.4, -0.2) is 31.0 Å². The third kappa shape index (κ3) is 4.42. The first kappa shape index (κ1) is 15.8. The molecule has 0 saturated heterocycles. The van der Waals surface area contributed by atoms with Crippen LogP contribution in [0.15, 0.2) is 48.5 Å². The third-order valence-electron chi connectivity index (χ3n) is 2.96. The summed E-state index contributed by atoms with van der Waals surface area (Å²) in [5.41, 5.74) is 0.629. The van der Waals surface area contributed by atoms with Gasteiger partial charge >= 0.3 is 0 Å². The maximum Gasteiger partial charge on any atom is 0.253 e. The van der Waals surface area contributed by atoms with E-state index in [1.54, 1.807) is 42.3 Å². The molecule has 0 bridgehead atoms. The molecule has 3 nitrogen and oxygen atoms in total. The predicted molar refractivity (Wildman–Crippen MR) is 88.0 cm³/mol. The van der Waals surface area contributed by atoms with E-state index < -0.39 is 5.82 Å². The highest BCUT2D eigenvalue weighted by Gasteiger charge is 2.11. The van der Waals surface area contributed by atoms with Crippen LogP contribution in [0.1, 0.15) is 10.4 Å². The lowest BCUT2D eigenvalue weighted by molar-refractivity contribution is 0.0773. The van der Waals surface area contributed by atoms with Gasteiger partial charge in [0.2, 0.25) is 0 Å². The van der Waals surface area contributed by atoms with E-state index in [0.717, 1.165) is 3.57 Å². The minimum Gasteiger partial charge on any atom is -0.489 e. The summed E-state index contributed by atoms with van der Waals surface area (Å²) in [5, 5.41) is 0. The summed E-state index contributed by atoms with van der Waals surface area (Å²) in [6, 6.07) is 13.6. The summed E-state index contributed by atoms with van der Waals surface area (Å²) in [5.74, 6) is -0.278. The van der Waals surface area contributed by atoms with E-state index in [4.69, 9.17) is 4.74 Å². The monoisotopic (exact) mass is 399 g/mol. The number of hydrogen-bond donors (Lipinski definition) is 0. The van der Waals surface area contributed by atoms with Crippen LogP contribution >= 0.6 is 22.6 Å². The SMILES string of the molecule is CN(CCOc1ccccc1F)C(=O)c1ccc(I)cc1. The molecule has 0 atom stereocenters. The molecule has 0 heterocycles. The fourth-order valence-corrected chi connectivity index (χ4v) is 2.13. The number of carbonyl (C=O) groups excluding carboxylic acids is 1. The number of carbonyl (C=O) groups is 1. The van der Waals surface area contributed by atoms with Crippen molar-refractivity contribution in [2.75, 3.05) is 20.2 Å². The molecule has 0 aromatic heterocycles. The van der Waals surface area contributed by atoms with Gasteiger partial charge in [0, 0.05) is 16.2 Å². The van der Waals surface area contributed by atoms with Crippen LogP contribution in [0.5, 0.6) is 5.75 Å². The third-order valence-corrected chi connectivity index (χ3v) is 3.68. The molecule has 0 N–H and O–H groups in total. The fourth-order valence-electron chi connectivity index (χ4n) is 1.77. The molecular weight excluding hydrogens is 384 g/mol. The molecule has 5 heteroatoms. The van der Waals surface area contributed by atoms with E-state index in [2.05, 4.69) is 22.6 Å². The first-order valence-electron chi connectivity index (χ1n) is 6.46. The van der Waals surface area contributed by atoms with Crippen LogP contribution in [0.25, 0.3) is 0 Å². The first-order valence-corrected chi connectivity index (χ1v) is 7.54. The summed E-state index contributed by atoms with van der Waals surface area (Å²) in [4.78, 5) is 13.7. The highest BCUT2D eigenvalue weighted by molar-refractivity contribution is 14.1. The maximum atomic E-state index is 13.4. The lowest BCUT2D eigenvalue weighted by Crippen LogP contribution is -2.30. The number of benzene rings is 2. The van der Waals surface area contributed by atoms with Crippen molar-refractivity contribution >= 4 is 28.5 Å². The highest BCUT2D eigenvalue weighted by Crippen LogP contribution is 2.15. The van der Waals surface area contributed by atoms with Crippen molar-refractivity contribution in [2.45, 2.75) is 0 Å². The van der Waals surface area contributed by atoms with Crippen LogP contribution in [0.2, 0.25) is 0 Å². The Kier molecular flexibility index (Phi) is 5.55. The Morgan fingerprint density at radius 3 is 2.52 bits per heavy atom. The van der Waals surface area contributed by atoms with Gasteiger partial charge in [0.25, 0.3) is 5.91 Å². The van der Waals surface area contributed by atoms with Gasteiger partial charge in [-0.1, -0.05) is 12.1 Å². The predicted octanol–water partition coefficient (Wildman–Crippen LogP) is 3.58. The van der Waals surface area contributed by atoms with Crippen LogP contribution in [-0.2, 0) is 0 Å². The second-order valence-electron chi connectivity index (χ2n) is 4.51. The lowest BCUT2D eigenvalue weighted by Gasteiger charge is -2.17. The smallest absolute Gasteiger partial charge is 0.253 e. The molecule has 0 aliphatic heterocycles. The average Bonchev–Trinajstić information content (AvgIpc) is 2.49. The van der Waals surface area contributed by atoms with Crippen molar-refractivity contribution in [1.82, 2.24) is 4.90 Å². The lowest BCUT2D eigenvalue weighted by atomic mass is 10.2. The Bertz CT molecular complexity index is 616. The number of rotatable bonds is 5. The van der Waals surface area contributed by atoms with Crippen molar-refractivity contribution in [3.8, 4) is 5.75 Å². The van der Waals surface area contributed by atoms with Crippen molar-refractivity contribution in [1.29, 1.82) is 0 Å². The largest absolute Gasteiger partial charge is 0.489 e. The van der Waals surface area contributed by atoms with Crippen molar-refractivity contribution in [2.24, 2.45) is 0 Å². The zero-order valence-corrected chi connectivity index (χ0v) is 13.7. The molecule has 2 aromatic rings. The van der Waals surface area contributed by atoms with Gasteiger partial charge in [0.05, 0.1) is 6.54 Å². The van der Waals surface area contributed by atoms with Gasteiger partial charge in [-0.3, -0.25) is 4.79 Å². The normalized spacial score (nSPS) is 10.2. The molecule has 21 heavy (non-hydrogen) atoms. The topological polar surface area (TPSA) is 29.5 Å². The van der Waals surface area contributed by atoms with E-state index in [-0.39, 0.29) is 18.3 Å². The summed E-state index contributed by atoms with van der Waals surface area (Å²) < 4.78 is 19.8. The van der Waals surface area contributed by atoms with Crippen molar-refractivity contribution < 1.29 is 13.9 Å². The van der Waals surface area contributed by atoms with E-state index >= 15 is 0 Å². The Balaban J connectivity index is 1.87. The number of halogens is 2. The molecule has 110 valence electrons. The molecular formula is C16H15FINO2. The van der Waals surface area contributed by atoms with Crippen molar-refractivity contribution in [3.63, 3.8) is 0 Å². The molecule has 2 aromatic carbocycles. The molecule has 0 spiro atoms. The second-order valence-corrected chi connectivity index (χ2v) is 5.76. The molecule has 2 rings (SSSR count). The first-order chi connectivity index (χ1) is 10.1. The molecule has 1 amide bonds. The average molecular weight is 399 g/mol. The maximum absolute atomic E-state index is 13.4. The van der Waals surface area contributed by atoms with Gasteiger partial charge in [-0.2, -0.15) is 0 Å². The van der Waals surface area contributed by atoms with E-state index in [1.165, 1.54) is 6.07 Å². The van der Waals surface area contributed by atoms with E-state index in [9.17, 15) is 9.18 Å². The van der Waals surface area contributed by atoms with Gasteiger partial charge < -0.3 is 9.64 Å². The van der Waals surface area contributed by atoms with Gasteiger partial charge in [-0.05, 0) is 59.0 Å². The van der Waals surface area contributed by atoms with E-state index in [0.29, 0.717) is 12.1 Å². The van der Waals surface area contributed by atoms with Gasteiger partial charge in [-0.15, -0.1) is 0 Å². The zero-order valence-electron chi connectivity index (χ0n) is 11.6. The number of nitrogens with zero attached hydrogens (tertiary/aromatic N) is 1. The van der Waals surface area contributed by atoms with Crippen LogP contribution in [0.4, 0.5) is 4.39 Å². The molecule has 0 aliphatic rings. The number of amides is 1. The quantitative estimate of drug-likeness (QED) is 0.720. The zero-order chi connectivity index (χ0) is 15.2. The summed E-state index contributed by atoms with van der Waals surface area (Å²) in [6.07, 6.45) is 0. The number of likely N-dealkylation sites (N-methyl/N-ethyl adjacent to an activating group) is 1. The van der Waals surface area contributed by atoms with Gasteiger partial charge in [0.1, 0.15) is 6.61 Å². The fraction of sp³-hybridized carbons (Fsp3) is 0.188. The van der Waals surface area contributed by atoms with Crippen molar-refractivity contribution in [3.05, 3.63) is 63.5 Å². The molecule has 0 saturated carbocycles. The van der Waals surface area contributed by atoms with Crippen LogP contribution in [0, 0.1) is 9.39 Å². The summed E-state index contributed by atoms with van der Waals surface area (Å²) in [7, 11) is 1.70. The van der Waals surface area contributed by atoms with Gasteiger partial charge in [-0.25, -0.2) is 4.39 Å². The molecule has 0 unspecified atom stereocenters. The standard InChI is InChI=1S/C16H15FINO2/c1-19(16(20)12-6-8-13(18)9-7-12)10-11-21-15-5-3-2-4-14(15)17/h2-9H,10-11H2,1H3. The minimum atomic E-state index is -0.399. The summed E-state index contributed by atoms with van der Waals surface area (Å²) >= 11 is 2.19. The van der Waals surface area contributed by atoms with Crippen LogP contribution < -0.4 is 4.74 Å². The number of ether oxygens (including phenoxy) is 1. The summed E-state index contributed by atoms with van der Waals surface area (Å²) in [6.45, 7) is 0.632. The Morgan fingerprint density at radius 1 is 1.19 bits per heavy atom. The van der Waals surface area contributed by atoms with Gasteiger partial charge in [0.15, 0.2) is 11.6 Å². The number of para-hydroxylation sites is 1. The highest BCUT2D eigenvalue weighted by atomic mass is 127. The molecule has 0 radical (unpaired) electrons. The van der Waals surface area contributed by atoms with E-state index in [1.807, 2.05) is 12.1 Å². The Labute approximate surface area is 136 Å². The second kappa shape index (κ2) is 7.40. The van der Waals surface area contributed by atoms with Crippen LogP contribution in [0.3, 0.4) is 0 Å². The minimum absolute atomic E-state index is 0.0801. The Morgan fingerprint density at radius 2 is 1.86 bits per heavy atom. The number of hydrogen-bond acceptors (Lipinski definition) is 2. The molecule has 0 aliphatic carbocycles. The molecule has 0 fully saturated rings.